The molecule has 2 rings (SSSR count). The van der Waals surface area contributed by atoms with Crippen molar-refractivity contribution in [1.29, 1.82) is 0 Å². The quantitative estimate of drug-likeness (QED) is 0.846. The standard InChI is InChI=1S/C14H19ClO/c1-14(16,9-11-4-2-5-11)10-12-6-3-7-13(15)8-12/h3,6-8,11,16H,2,4-5,9-10H2,1H3. The van der Waals surface area contributed by atoms with E-state index in [0.717, 1.165) is 22.9 Å². The smallest absolute Gasteiger partial charge is 0.0662 e. The van der Waals surface area contributed by atoms with Crippen LogP contribution in [0.15, 0.2) is 24.3 Å². The molecule has 1 atom stereocenters. The molecule has 1 aliphatic carbocycles. The average molecular weight is 239 g/mol. The minimum absolute atomic E-state index is 0.588. The van der Waals surface area contributed by atoms with Gasteiger partial charge in [0.05, 0.1) is 5.60 Å². The van der Waals surface area contributed by atoms with E-state index >= 15 is 0 Å². The molecule has 1 aromatic rings. The summed E-state index contributed by atoms with van der Waals surface area (Å²) in [6.45, 7) is 1.94. The number of aliphatic hydroxyl groups is 1. The van der Waals surface area contributed by atoms with E-state index in [4.69, 9.17) is 11.6 Å². The molecule has 1 saturated carbocycles. The number of halogens is 1. The molecule has 16 heavy (non-hydrogen) atoms. The molecule has 1 nitrogen and oxygen atoms in total. The lowest BCUT2D eigenvalue weighted by molar-refractivity contribution is 0.0204. The second-order valence-corrected chi connectivity index (χ2v) is 5.74. The Hall–Kier alpha value is -0.530. The number of hydrogen-bond acceptors (Lipinski definition) is 1. The Bertz CT molecular complexity index is 356. The van der Waals surface area contributed by atoms with Crippen molar-refractivity contribution in [3.8, 4) is 0 Å². The van der Waals surface area contributed by atoms with Gasteiger partial charge in [-0.1, -0.05) is 43.0 Å². The molecule has 1 unspecified atom stereocenters. The summed E-state index contributed by atoms with van der Waals surface area (Å²) in [6.07, 6.45) is 5.51. The Morgan fingerprint density at radius 2 is 2.19 bits per heavy atom. The summed E-state index contributed by atoms with van der Waals surface area (Å²) in [7, 11) is 0. The lowest BCUT2D eigenvalue weighted by Crippen LogP contribution is -2.32. The van der Waals surface area contributed by atoms with Crippen LogP contribution in [0.4, 0.5) is 0 Å². The van der Waals surface area contributed by atoms with E-state index in [1.165, 1.54) is 19.3 Å². The Balaban J connectivity index is 1.96. The maximum Gasteiger partial charge on any atom is 0.0662 e. The van der Waals surface area contributed by atoms with E-state index in [-0.39, 0.29) is 0 Å². The lowest BCUT2D eigenvalue weighted by atomic mass is 9.76. The molecule has 0 aliphatic heterocycles. The molecule has 0 heterocycles. The van der Waals surface area contributed by atoms with Gasteiger partial charge < -0.3 is 5.11 Å². The first-order chi connectivity index (χ1) is 7.55. The molecule has 1 N–H and O–H groups in total. The van der Waals surface area contributed by atoms with Crippen LogP contribution in [0.5, 0.6) is 0 Å². The Morgan fingerprint density at radius 3 is 2.75 bits per heavy atom. The minimum atomic E-state index is -0.588. The fraction of sp³-hybridized carbons (Fsp3) is 0.571. The van der Waals surface area contributed by atoms with Gasteiger partial charge in [0.15, 0.2) is 0 Å². The van der Waals surface area contributed by atoms with E-state index in [1.807, 2.05) is 31.2 Å². The second kappa shape index (κ2) is 4.77. The van der Waals surface area contributed by atoms with E-state index in [9.17, 15) is 5.11 Å². The van der Waals surface area contributed by atoms with E-state index in [1.54, 1.807) is 0 Å². The highest BCUT2D eigenvalue weighted by atomic mass is 35.5. The molecule has 0 bridgehead atoms. The predicted octanol–water partition coefficient (Wildman–Crippen LogP) is 3.82. The zero-order valence-corrected chi connectivity index (χ0v) is 10.5. The van der Waals surface area contributed by atoms with Crippen molar-refractivity contribution >= 4 is 11.6 Å². The monoisotopic (exact) mass is 238 g/mol. The molecule has 88 valence electrons. The van der Waals surface area contributed by atoms with Crippen LogP contribution in [0, 0.1) is 5.92 Å². The molecule has 1 aromatic carbocycles. The van der Waals surface area contributed by atoms with Crippen LogP contribution >= 0.6 is 11.6 Å². The molecule has 0 aromatic heterocycles. The third kappa shape index (κ3) is 3.23. The predicted molar refractivity (Wildman–Crippen MR) is 67.7 cm³/mol. The van der Waals surface area contributed by atoms with E-state index in [2.05, 4.69) is 0 Å². The van der Waals surface area contributed by atoms with Gasteiger partial charge in [0, 0.05) is 11.4 Å². The van der Waals surface area contributed by atoms with Gasteiger partial charge in [-0.05, 0) is 37.0 Å². The molecular formula is C14H19ClO. The maximum absolute atomic E-state index is 10.4. The first kappa shape index (κ1) is 11.9. The molecular weight excluding hydrogens is 220 g/mol. The molecule has 0 radical (unpaired) electrons. The van der Waals surface area contributed by atoms with Crippen molar-refractivity contribution in [3.05, 3.63) is 34.9 Å². The van der Waals surface area contributed by atoms with Crippen LogP contribution in [0.25, 0.3) is 0 Å². The van der Waals surface area contributed by atoms with Gasteiger partial charge in [0.2, 0.25) is 0 Å². The summed E-state index contributed by atoms with van der Waals surface area (Å²) >= 11 is 5.94. The van der Waals surface area contributed by atoms with Crippen LogP contribution in [-0.4, -0.2) is 10.7 Å². The fourth-order valence-corrected chi connectivity index (χ4v) is 2.69. The maximum atomic E-state index is 10.4. The van der Waals surface area contributed by atoms with Gasteiger partial charge in [0.25, 0.3) is 0 Å². The van der Waals surface area contributed by atoms with Crippen LogP contribution in [0.3, 0.4) is 0 Å². The van der Waals surface area contributed by atoms with Gasteiger partial charge in [-0.2, -0.15) is 0 Å². The zero-order chi connectivity index (χ0) is 11.6. The average Bonchev–Trinajstić information content (AvgIpc) is 2.11. The molecule has 1 fully saturated rings. The number of hydrogen-bond donors (Lipinski definition) is 1. The fourth-order valence-electron chi connectivity index (χ4n) is 2.48. The Kier molecular flexibility index (Phi) is 3.56. The van der Waals surface area contributed by atoms with Gasteiger partial charge in [-0.15, -0.1) is 0 Å². The molecule has 0 amide bonds. The highest BCUT2D eigenvalue weighted by molar-refractivity contribution is 6.30. The van der Waals surface area contributed by atoms with Crippen molar-refractivity contribution < 1.29 is 5.11 Å². The third-order valence-corrected chi connectivity index (χ3v) is 3.66. The van der Waals surface area contributed by atoms with E-state index < -0.39 is 5.60 Å². The summed E-state index contributed by atoms with van der Waals surface area (Å²) in [5, 5.41) is 11.1. The highest BCUT2D eigenvalue weighted by Crippen LogP contribution is 2.35. The van der Waals surface area contributed by atoms with Crippen LogP contribution in [-0.2, 0) is 6.42 Å². The molecule has 0 saturated heterocycles. The summed E-state index contributed by atoms with van der Waals surface area (Å²) in [4.78, 5) is 0. The Labute approximate surface area is 102 Å². The summed E-state index contributed by atoms with van der Waals surface area (Å²) in [5.41, 5.74) is 0.535. The summed E-state index contributed by atoms with van der Waals surface area (Å²) < 4.78 is 0. The SMILES string of the molecule is CC(O)(Cc1cccc(Cl)c1)CC1CCC1. The third-order valence-electron chi connectivity index (χ3n) is 3.43. The van der Waals surface area contributed by atoms with Gasteiger partial charge in [-0.25, -0.2) is 0 Å². The summed E-state index contributed by atoms with van der Waals surface area (Å²) in [5.74, 6) is 0.731. The number of benzene rings is 1. The van der Waals surface area contributed by atoms with Crippen molar-refractivity contribution in [2.75, 3.05) is 0 Å². The molecule has 1 aliphatic rings. The lowest BCUT2D eigenvalue weighted by Gasteiger charge is -2.33. The van der Waals surface area contributed by atoms with Crippen molar-refractivity contribution in [1.82, 2.24) is 0 Å². The largest absolute Gasteiger partial charge is 0.390 e. The Morgan fingerprint density at radius 1 is 1.44 bits per heavy atom. The van der Waals surface area contributed by atoms with E-state index in [0.29, 0.717) is 6.42 Å². The molecule has 2 heteroatoms. The normalized spacial score (nSPS) is 20.2. The van der Waals surface area contributed by atoms with Gasteiger partial charge >= 0.3 is 0 Å². The second-order valence-electron chi connectivity index (χ2n) is 5.30. The number of rotatable bonds is 4. The zero-order valence-electron chi connectivity index (χ0n) is 9.75. The first-order valence-corrected chi connectivity index (χ1v) is 6.40. The van der Waals surface area contributed by atoms with Crippen LogP contribution in [0.1, 0.15) is 38.2 Å². The van der Waals surface area contributed by atoms with Crippen molar-refractivity contribution in [2.24, 2.45) is 5.92 Å². The van der Waals surface area contributed by atoms with Gasteiger partial charge in [0.1, 0.15) is 0 Å². The first-order valence-electron chi connectivity index (χ1n) is 6.02. The van der Waals surface area contributed by atoms with Crippen LogP contribution < -0.4 is 0 Å². The van der Waals surface area contributed by atoms with Crippen molar-refractivity contribution in [3.63, 3.8) is 0 Å². The van der Waals surface area contributed by atoms with Gasteiger partial charge in [-0.3, -0.25) is 0 Å². The van der Waals surface area contributed by atoms with Crippen molar-refractivity contribution in [2.45, 2.75) is 44.6 Å². The molecule has 0 spiro atoms. The van der Waals surface area contributed by atoms with Crippen LogP contribution in [0.2, 0.25) is 5.02 Å². The minimum Gasteiger partial charge on any atom is -0.390 e. The summed E-state index contributed by atoms with van der Waals surface area (Å²) in [6, 6.07) is 7.78. The highest BCUT2D eigenvalue weighted by Gasteiger charge is 2.28. The topological polar surface area (TPSA) is 20.2 Å².